The maximum absolute atomic E-state index is 13.6. The molecule has 0 amide bonds. The average Bonchev–Trinajstić information content (AvgIpc) is 3.64. The van der Waals surface area contributed by atoms with Crippen molar-refractivity contribution in [2.75, 3.05) is 0 Å². The van der Waals surface area contributed by atoms with Crippen molar-refractivity contribution in [1.29, 1.82) is 0 Å². The fourth-order valence-electron chi connectivity index (χ4n) is 4.61. The molecule has 6 heterocycles. The minimum absolute atomic E-state index is 0.0480. The lowest BCUT2D eigenvalue weighted by Crippen LogP contribution is -2.24. The highest BCUT2D eigenvalue weighted by Crippen LogP contribution is 2.29. The molecule has 0 fully saturated rings. The summed E-state index contributed by atoms with van der Waals surface area (Å²) in [5.41, 5.74) is 3.38. The van der Waals surface area contributed by atoms with E-state index in [9.17, 15) is 18.0 Å². The fraction of sp³-hybridized carbons (Fsp3) is 0.280. The van der Waals surface area contributed by atoms with Crippen LogP contribution in [-0.2, 0) is 19.3 Å². The zero-order valence-corrected chi connectivity index (χ0v) is 20.3. The normalized spacial score (nSPS) is 12.3. The van der Waals surface area contributed by atoms with E-state index in [4.69, 9.17) is 0 Å². The molecule has 1 N–H and O–H groups in total. The molecular weight excluding hydrogens is 499 g/mol. The Bertz CT molecular complexity index is 1840. The lowest BCUT2D eigenvalue weighted by Gasteiger charge is -2.10. The maximum Gasteiger partial charge on any atom is 0.452 e. The topological polar surface area (TPSA) is 112 Å². The zero-order valence-electron chi connectivity index (χ0n) is 20.3. The third-order valence-electron chi connectivity index (χ3n) is 6.43. The van der Waals surface area contributed by atoms with Crippen LogP contribution in [0, 0.1) is 0 Å². The van der Waals surface area contributed by atoms with Gasteiger partial charge in [0.25, 0.3) is 5.56 Å². The van der Waals surface area contributed by atoms with E-state index < -0.39 is 17.6 Å². The minimum atomic E-state index is -4.82. The Labute approximate surface area is 212 Å². The highest BCUT2D eigenvalue weighted by molar-refractivity contribution is 5.84. The first-order chi connectivity index (χ1) is 18.3. The van der Waals surface area contributed by atoms with E-state index in [1.54, 1.807) is 40.1 Å². The predicted octanol–water partition coefficient (Wildman–Crippen LogP) is 4.44. The van der Waals surface area contributed by atoms with Crippen LogP contribution in [0.4, 0.5) is 13.2 Å². The molecule has 0 aliphatic heterocycles. The molecular formula is C25H22F3N9O. The summed E-state index contributed by atoms with van der Waals surface area (Å²) >= 11 is 0. The summed E-state index contributed by atoms with van der Waals surface area (Å²) in [5.74, 6) is -1.48. The first-order valence-corrected chi connectivity index (χ1v) is 12.1. The summed E-state index contributed by atoms with van der Waals surface area (Å²) in [7, 11) is 0. The van der Waals surface area contributed by atoms with Gasteiger partial charge >= 0.3 is 6.18 Å². The van der Waals surface area contributed by atoms with Gasteiger partial charge in [-0.25, -0.2) is 4.40 Å². The van der Waals surface area contributed by atoms with E-state index in [2.05, 4.69) is 30.2 Å². The second-order valence-electron chi connectivity index (χ2n) is 9.08. The van der Waals surface area contributed by atoms with Gasteiger partial charge in [0.1, 0.15) is 5.52 Å². The van der Waals surface area contributed by atoms with Gasteiger partial charge < -0.3 is 9.55 Å². The van der Waals surface area contributed by atoms with Crippen molar-refractivity contribution >= 4 is 27.8 Å². The fourth-order valence-corrected chi connectivity index (χ4v) is 4.61. The molecule has 0 aliphatic carbocycles. The number of hydrogen-bond acceptors (Lipinski definition) is 6. The minimum Gasteiger partial charge on any atom is -0.349 e. The Morgan fingerprint density at radius 2 is 1.92 bits per heavy atom. The van der Waals surface area contributed by atoms with Crippen molar-refractivity contribution in [3.8, 4) is 11.3 Å². The number of unbranched alkanes of at least 4 members (excludes halogenated alkanes) is 2. The van der Waals surface area contributed by atoms with Crippen molar-refractivity contribution in [2.45, 2.75) is 45.5 Å². The van der Waals surface area contributed by atoms with Crippen molar-refractivity contribution in [1.82, 2.24) is 43.9 Å². The molecule has 38 heavy (non-hydrogen) atoms. The lowest BCUT2D eigenvalue weighted by molar-refractivity contribution is -0.145. The van der Waals surface area contributed by atoms with Crippen LogP contribution in [0.15, 0.2) is 53.8 Å². The number of rotatable bonds is 7. The quantitative estimate of drug-likeness (QED) is 0.311. The number of nitrogens with zero attached hydrogens (tertiary/aromatic N) is 8. The van der Waals surface area contributed by atoms with E-state index in [0.717, 1.165) is 29.4 Å². The lowest BCUT2D eigenvalue weighted by atomic mass is 10.2. The van der Waals surface area contributed by atoms with E-state index in [-0.39, 0.29) is 11.3 Å². The molecule has 0 aromatic carbocycles. The number of H-pyrrole nitrogens is 1. The SMILES string of the molecule is CCCCCn1c2cc(-c3cnn(Cc4cnc5cccnc5c4)c3)[nH]c2c(=O)n2c(C(F)(F)F)nnc12. The summed E-state index contributed by atoms with van der Waals surface area (Å²) in [6.07, 6.45) is 4.61. The van der Waals surface area contributed by atoms with Crippen LogP contribution in [0.3, 0.4) is 0 Å². The van der Waals surface area contributed by atoms with Gasteiger partial charge in [-0.15, -0.1) is 10.2 Å². The molecule has 0 saturated carbocycles. The van der Waals surface area contributed by atoms with Gasteiger partial charge in [0, 0.05) is 30.7 Å². The second kappa shape index (κ2) is 9.08. The Kier molecular flexibility index (Phi) is 5.69. The van der Waals surface area contributed by atoms with Crippen molar-refractivity contribution in [2.24, 2.45) is 0 Å². The van der Waals surface area contributed by atoms with Crippen LogP contribution in [0.5, 0.6) is 0 Å². The van der Waals surface area contributed by atoms with Crippen LogP contribution in [0.1, 0.15) is 37.6 Å². The highest BCUT2D eigenvalue weighted by atomic mass is 19.4. The smallest absolute Gasteiger partial charge is 0.349 e. The number of aryl methyl sites for hydroxylation is 1. The predicted molar refractivity (Wildman–Crippen MR) is 133 cm³/mol. The van der Waals surface area contributed by atoms with Gasteiger partial charge in [-0.05, 0) is 36.2 Å². The number of aromatic amines is 1. The highest BCUT2D eigenvalue weighted by Gasteiger charge is 2.38. The van der Waals surface area contributed by atoms with E-state index in [0.29, 0.717) is 40.7 Å². The molecule has 0 aliphatic rings. The number of aromatic nitrogens is 9. The van der Waals surface area contributed by atoms with Crippen molar-refractivity contribution in [3.63, 3.8) is 0 Å². The first kappa shape index (κ1) is 23.8. The third kappa shape index (κ3) is 4.09. The van der Waals surface area contributed by atoms with Gasteiger partial charge in [-0.1, -0.05) is 19.8 Å². The average molecular weight is 522 g/mol. The summed E-state index contributed by atoms with van der Waals surface area (Å²) in [4.78, 5) is 25.0. The molecule has 10 nitrogen and oxygen atoms in total. The molecule has 6 rings (SSSR count). The molecule has 0 atom stereocenters. The van der Waals surface area contributed by atoms with Gasteiger partial charge in [0.15, 0.2) is 0 Å². The Balaban J connectivity index is 1.41. The zero-order chi connectivity index (χ0) is 26.4. The largest absolute Gasteiger partial charge is 0.452 e. The maximum atomic E-state index is 13.6. The van der Waals surface area contributed by atoms with Gasteiger partial charge in [-0.3, -0.25) is 19.4 Å². The number of fused-ring (bicyclic) bond motifs is 3. The number of pyridine rings is 2. The summed E-state index contributed by atoms with van der Waals surface area (Å²) in [6, 6.07) is 7.40. The molecule has 194 valence electrons. The number of hydrogen-bond donors (Lipinski definition) is 1. The van der Waals surface area contributed by atoms with Crippen LogP contribution in [-0.4, -0.2) is 43.9 Å². The van der Waals surface area contributed by atoms with Crippen molar-refractivity contribution < 1.29 is 13.2 Å². The summed E-state index contributed by atoms with van der Waals surface area (Å²) < 4.78 is 44.7. The number of halogens is 3. The summed E-state index contributed by atoms with van der Waals surface area (Å²) in [6.45, 7) is 2.87. The van der Waals surface area contributed by atoms with E-state index in [1.165, 1.54) is 0 Å². The second-order valence-corrected chi connectivity index (χ2v) is 9.08. The first-order valence-electron chi connectivity index (χ1n) is 12.1. The van der Waals surface area contributed by atoms with Crippen LogP contribution >= 0.6 is 0 Å². The molecule has 0 spiro atoms. The number of nitrogens with one attached hydrogen (secondary N) is 1. The molecule has 0 radical (unpaired) electrons. The summed E-state index contributed by atoms with van der Waals surface area (Å²) in [5, 5.41) is 11.5. The Hall–Kier alpha value is -4.55. The number of alkyl halides is 3. The van der Waals surface area contributed by atoms with Crippen LogP contribution in [0.2, 0.25) is 0 Å². The van der Waals surface area contributed by atoms with Gasteiger partial charge in [0.05, 0.1) is 35.0 Å². The van der Waals surface area contributed by atoms with Crippen molar-refractivity contribution in [3.05, 3.63) is 70.8 Å². The third-order valence-corrected chi connectivity index (χ3v) is 6.43. The molecule has 6 aromatic rings. The Morgan fingerprint density at radius 1 is 1.05 bits per heavy atom. The molecule has 0 bridgehead atoms. The van der Waals surface area contributed by atoms with Gasteiger partial charge in [-0.2, -0.15) is 18.3 Å². The standard InChI is InChI=1S/C25H22F3N9O/c1-2-3-4-8-36-20-10-18(32-21(20)22(38)37-23(25(26,27)28)33-34-24(36)37)16-12-31-35(14-16)13-15-9-19-17(30-11-15)6-5-7-29-19/h5-7,9-12,14,32H,2-4,8,13H2,1H3. The van der Waals surface area contributed by atoms with Gasteiger partial charge in [0.2, 0.25) is 11.6 Å². The molecule has 13 heteroatoms. The van der Waals surface area contributed by atoms with E-state index in [1.807, 2.05) is 25.1 Å². The molecule has 0 saturated heterocycles. The Morgan fingerprint density at radius 3 is 2.74 bits per heavy atom. The monoisotopic (exact) mass is 521 g/mol. The molecule has 0 unspecified atom stereocenters. The van der Waals surface area contributed by atoms with Crippen LogP contribution in [0.25, 0.3) is 39.1 Å². The molecule has 6 aromatic heterocycles. The van der Waals surface area contributed by atoms with E-state index >= 15 is 0 Å². The van der Waals surface area contributed by atoms with Crippen LogP contribution < -0.4 is 5.56 Å².